The molecule has 1 aliphatic heterocycles. The number of carbonyl (C=O) groups excluding carboxylic acids is 2. The average Bonchev–Trinajstić information content (AvgIpc) is 2.95. The molecule has 2 heterocycles. The summed E-state index contributed by atoms with van der Waals surface area (Å²) in [6, 6.07) is 18.4. The van der Waals surface area contributed by atoms with E-state index in [1.807, 2.05) is 75.4 Å². The molecule has 0 spiro atoms. The third-order valence-electron chi connectivity index (χ3n) is 5.77. The number of amides is 2. The van der Waals surface area contributed by atoms with Gasteiger partial charge >= 0.3 is 0 Å². The third-order valence-corrected chi connectivity index (χ3v) is 5.77. The summed E-state index contributed by atoms with van der Waals surface area (Å²) in [5.41, 5.74) is -0.0963. The van der Waals surface area contributed by atoms with Gasteiger partial charge in [0.2, 0.25) is 0 Å². The van der Waals surface area contributed by atoms with E-state index in [1.54, 1.807) is 24.3 Å². The van der Waals surface area contributed by atoms with Crippen molar-refractivity contribution in [2.24, 2.45) is 0 Å². The Bertz CT molecular complexity index is 1170. The van der Waals surface area contributed by atoms with Crippen molar-refractivity contribution in [1.29, 1.82) is 0 Å². The van der Waals surface area contributed by atoms with E-state index >= 15 is 0 Å². The predicted octanol–water partition coefficient (Wildman–Crippen LogP) is 3.94. The Morgan fingerprint density at radius 2 is 1.82 bits per heavy atom. The standard InChI is InChI=1S/C27H29N3O4/c1-26(2,3)29-25(32)27(20-8-6-5-7-9-20)18-34-23-14-15-28-16-22(23)24(31)30(27)17-19-10-12-21(33-4)13-11-19/h5-16H,17-18H2,1-4H3,(H,29,32). The van der Waals surface area contributed by atoms with Crippen molar-refractivity contribution in [3.05, 3.63) is 89.7 Å². The Morgan fingerprint density at radius 1 is 1.12 bits per heavy atom. The molecule has 176 valence electrons. The van der Waals surface area contributed by atoms with Gasteiger partial charge in [0.1, 0.15) is 18.1 Å². The predicted molar refractivity (Wildman–Crippen MR) is 129 cm³/mol. The number of aromatic nitrogens is 1. The first-order valence-electron chi connectivity index (χ1n) is 11.1. The minimum atomic E-state index is -1.41. The molecule has 1 atom stereocenters. The van der Waals surface area contributed by atoms with Gasteiger partial charge in [0.15, 0.2) is 5.54 Å². The molecule has 1 unspecified atom stereocenters. The number of nitrogens with zero attached hydrogens (tertiary/aromatic N) is 2. The maximum atomic E-state index is 14.1. The Morgan fingerprint density at radius 3 is 2.47 bits per heavy atom. The highest BCUT2D eigenvalue weighted by Crippen LogP contribution is 2.38. The summed E-state index contributed by atoms with van der Waals surface area (Å²) < 4.78 is 11.4. The van der Waals surface area contributed by atoms with E-state index in [0.717, 1.165) is 5.56 Å². The zero-order chi connectivity index (χ0) is 24.3. The second kappa shape index (κ2) is 9.17. The second-order valence-corrected chi connectivity index (χ2v) is 9.33. The molecule has 3 aromatic rings. The third kappa shape index (κ3) is 4.46. The second-order valence-electron chi connectivity index (χ2n) is 9.33. The molecule has 0 saturated carbocycles. The van der Waals surface area contributed by atoms with Crippen LogP contribution in [0.5, 0.6) is 11.5 Å². The van der Waals surface area contributed by atoms with Gasteiger partial charge in [-0.05, 0) is 50.1 Å². The maximum absolute atomic E-state index is 14.1. The number of hydrogen-bond acceptors (Lipinski definition) is 5. The number of carbonyl (C=O) groups is 2. The van der Waals surface area contributed by atoms with E-state index < -0.39 is 11.1 Å². The number of fused-ring (bicyclic) bond motifs is 1. The number of nitrogens with one attached hydrogen (secondary N) is 1. The molecule has 1 aromatic heterocycles. The molecular weight excluding hydrogens is 430 g/mol. The number of methoxy groups -OCH3 is 1. The highest BCUT2D eigenvalue weighted by Gasteiger charge is 2.52. The summed E-state index contributed by atoms with van der Waals surface area (Å²) >= 11 is 0. The van der Waals surface area contributed by atoms with Gasteiger partial charge in [0.05, 0.1) is 12.7 Å². The van der Waals surface area contributed by atoms with Crippen LogP contribution in [0.4, 0.5) is 0 Å². The molecule has 0 radical (unpaired) electrons. The first-order valence-corrected chi connectivity index (χ1v) is 11.1. The fourth-order valence-corrected chi connectivity index (χ4v) is 4.08. The van der Waals surface area contributed by atoms with E-state index in [1.165, 1.54) is 6.20 Å². The smallest absolute Gasteiger partial charge is 0.260 e. The van der Waals surface area contributed by atoms with Gasteiger partial charge in [-0.3, -0.25) is 14.6 Å². The number of pyridine rings is 1. The summed E-state index contributed by atoms with van der Waals surface area (Å²) in [6.45, 7) is 5.88. The summed E-state index contributed by atoms with van der Waals surface area (Å²) in [5.74, 6) is 0.475. The van der Waals surface area contributed by atoms with E-state index in [-0.39, 0.29) is 25.0 Å². The van der Waals surface area contributed by atoms with Gasteiger partial charge in [-0.1, -0.05) is 42.5 Å². The topological polar surface area (TPSA) is 80.8 Å². The van der Waals surface area contributed by atoms with Gasteiger partial charge in [-0.2, -0.15) is 0 Å². The maximum Gasteiger partial charge on any atom is 0.260 e. The number of ether oxygens (including phenoxy) is 2. The summed E-state index contributed by atoms with van der Waals surface area (Å²) in [6.07, 6.45) is 3.06. The first kappa shape index (κ1) is 23.3. The summed E-state index contributed by atoms with van der Waals surface area (Å²) in [7, 11) is 1.60. The van der Waals surface area contributed by atoms with Crippen LogP contribution < -0.4 is 14.8 Å². The van der Waals surface area contributed by atoms with Crippen LogP contribution in [-0.4, -0.2) is 41.0 Å². The molecule has 2 amide bonds. The minimum absolute atomic E-state index is 0.0438. The van der Waals surface area contributed by atoms with Gasteiger partial charge in [0.25, 0.3) is 11.8 Å². The largest absolute Gasteiger partial charge is 0.497 e. The van der Waals surface area contributed by atoms with Crippen molar-refractivity contribution >= 4 is 11.8 Å². The molecule has 0 fully saturated rings. The molecule has 0 saturated heterocycles. The highest BCUT2D eigenvalue weighted by atomic mass is 16.5. The van der Waals surface area contributed by atoms with E-state index in [2.05, 4.69) is 10.3 Å². The number of hydrogen-bond donors (Lipinski definition) is 1. The Labute approximate surface area is 199 Å². The summed E-state index contributed by atoms with van der Waals surface area (Å²) in [4.78, 5) is 33.8. The Kier molecular flexibility index (Phi) is 6.28. The van der Waals surface area contributed by atoms with Gasteiger partial charge in [-0.25, -0.2) is 0 Å². The lowest BCUT2D eigenvalue weighted by atomic mass is 9.85. The number of benzene rings is 2. The van der Waals surface area contributed by atoms with Crippen LogP contribution in [0.15, 0.2) is 73.1 Å². The normalized spacial score (nSPS) is 17.9. The molecule has 7 heteroatoms. The van der Waals surface area contributed by atoms with Gasteiger partial charge < -0.3 is 19.7 Å². The molecule has 2 aromatic carbocycles. The molecule has 1 N–H and O–H groups in total. The van der Waals surface area contributed by atoms with Crippen molar-refractivity contribution in [2.45, 2.75) is 38.4 Å². The van der Waals surface area contributed by atoms with Crippen LogP contribution in [-0.2, 0) is 16.9 Å². The molecule has 34 heavy (non-hydrogen) atoms. The Balaban J connectivity index is 1.91. The molecule has 4 rings (SSSR count). The van der Waals surface area contributed by atoms with Crippen molar-refractivity contribution in [1.82, 2.24) is 15.2 Å². The zero-order valence-electron chi connectivity index (χ0n) is 19.9. The lowest BCUT2D eigenvalue weighted by Crippen LogP contribution is -2.62. The lowest BCUT2D eigenvalue weighted by Gasteiger charge is -2.42. The van der Waals surface area contributed by atoms with Crippen molar-refractivity contribution in [3.8, 4) is 11.5 Å². The van der Waals surface area contributed by atoms with Crippen LogP contribution in [0.1, 0.15) is 42.3 Å². The molecule has 1 aliphatic rings. The molecule has 7 nitrogen and oxygen atoms in total. The van der Waals surface area contributed by atoms with Crippen molar-refractivity contribution in [2.75, 3.05) is 13.7 Å². The molecule has 0 aliphatic carbocycles. The van der Waals surface area contributed by atoms with Gasteiger partial charge in [-0.15, -0.1) is 0 Å². The van der Waals surface area contributed by atoms with Crippen LogP contribution in [0.25, 0.3) is 0 Å². The van der Waals surface area contributed by atoms with Crippen LogP contribution in [0.3, 0.4) is 0 Å². The van der Waals surface area contributed by atoms with Gasteiger partial charge in [0, 0.05) is 24.5 Å². The lowest BCUT2D eigenvalue weighted by molar-refractivity contribution is -0.136. The Hall–Kier alpha value is -3.87. The van der Waals surface area contributed by atoms with Crippen molar-refractivity contribution < 1.29 is 19.1 Å². The fourth-order valence-electron chi connectivity index (χ4n) is 4.08. The van der Waals surface area contributed by atoms with Crippen molar-refractivity contribution in [3.63, 3.8) is 0 Å². The average molecular weight is 460 g/mol. The first-order chi connectivity index (χ1) is 16.2. The summed E-state index contributed by atoms with van der Waals surface area (Å²) in [5, 5.41) is 3.09. The molecular formula is C27H29N3O4. The molecule has 0 bridgehead atoms. The fraction of sp³-hybridized carbons (Fsp3) is 0.296. The SMILES string of the molecule is COc1ccc(CN2C(=O)c3cnccc3OCC2(C(=O)NC(C)(C)C)c2ccccc2)cc1. The van der Waals surface area contributed by atoms with Crippen LogP contribution >= 0.6 is 0 Å². The monoisotopic (exact) mass is 459 g/mol. The minimum Gasteiger partial charge on any atom is -0.497 e. The van der Waals surface area contributed by atoms with Crippen LogP contribution in [0.2, 0.25) is 0 Å². The van der Waals surface area contributed by atoms with E-state index in [9.17, 15) is 9.59 Å². The number of rotatable bonds is 5. The zero-order valence-corrected chi connectivity index (χ0v) is 19.9. The quantitative estimate of drug-likeness (QED) is 0.625. The highest BCUT2D eigenvalue weighted by molar-refractivity contribution is 6.02. The van der Waals surface area contributed by atoms with Crippen LogP contribution in [0, 0.1) is 0 Å². The van der Waals surface area contributed by atoms with E-state index in [4.69, 9.17) is 9.47 Å². The van der Waals surface area contributed by atoms with E-state index in [0.29, 0.717) is 22.6 Å².